The molecule has 0 atom stereocenters. The molecule has 0 bridgehead atoms. The van der Waals surface area contributed by atoms with Crippen LogP contribution in [0.5, 0.6) is 0 Å². The molecule has 0 unspecified atom stereocenters. The SMILES string of the molecule is CNc1ccnc(CN(Cc2cccs2)C(C)C)c1. The molecule has 0 saturated heterocycles. The van der Waals surface area contributed by atoms with Crippen molar-refractivity contribution < 1.29 is 0 Å². The predicted octanol–water partition coefficient (Wildman–Crippen LogP) is 3.60. The minimum absolute atomic E-state index is 0.502. The molecule has 2 aromatic heterocycles. The van der Waals surface area contributed by atoms with Crippen LogP contribution in [0.3, 0.4) is 0 Å². The lowest BCUT2D eigenvalue weighted by molar-refractivity contribution is 0.203. The second-order valence-electron chi connectivity index (χ2n) is 4.86. The summed E-state index contributed by atoms with van der Waals surface area (Å²) in [7, 11) is 1.94. The van der Waals surface area contributed by atoms with Crippen LogP contribution in [0.15, 0.2) is 35.8 Å². The van der Waals surface area contributed by atoms with E-state index in [2.05, 4.69) is 52.6 Å². The summed E-state index contributed by atoms with van der Waals surface area (Å²) < 4.78 is 0. The fourth-order valence-corrected chi connectivity index (χ4v) is 2.68. The minimum Gasteiger partial charge on any atom is -0.388 e. The molecule has 0 saturated carbocycles. The van der Waals surface area contributed by atoms with Gasteiger partial charge in [-0.2, -0.15) is 0 Å². The molecule has 2 aromatic rings. The van der Waals surface area contributed by atoms with Crippen LogP contribution in [0.25, 0.3) is 0 Å². The van der Waals surface area contributed by atoms with Crippen LogP contribution in [-0.4, -0.2) is 23.0 Å². The van der Waals surface area contributed by atoms with Crippen LogP contribution < -0.4 is 5.32 Å². The highest BCUT2D eigenvalue weighted by atomic mass is 32.1. The van der Waals surface area contributed by atoms with Gasteiger partial charge >= 0.3 is 0 Å². The molecule has 2 rings (SSSR count). The maximum atomic E-state index is 4.46. The van der Waals surface area contributed by atoms with Gasteiger partial charge in [0, 0.05) is 42.9 Å². The topological polar surface area (TPSA) is 28.2 Å². The first-order valence-corrected chi connectivity index (χ1v) is 7.46. The number of rotatable bonds is 6. The number of hydrogen-bond donors (Lipinski definition) is 1. The number of thiophene rings is 1. The number of aromatic nitrogens is 1. The zero-order chi connectivity index (χ0) is 13.7. The standard InChI is InChI=1S/C15H21N3S/c1-12(2)18(11-15-5-4-8-19-15)10-14-9-13(16-3)6-7-17-14/h4-9,12H,10-11H2,1-3H3,(H,16,17). The summed E-state index contributed by atoms with van der Waals surface area (Å²) in [4.78, 5) is 8.30. The molecule has 0 fully saturated rings. The number of nitrogens with one attached hydrogen (secondary N) is 1. The monoisotopic (exact) mass is 275 g/mol. The molecule has 19 heavy (non-hydrogen) atoms. The quantitative estimate of drug-likeness (QED) is 0.873. The summed E-state index contributed by atoms with van der Waals surface area (Å²) >= 11 is 1.81. The normalized spacial score (nSPS) is 11.2. The van der Waals surface area contributed by atoms with E-state index in [-0.39, 0.29) is 0 Å². The number of anilines is 1. The number of pyridine rings is 1. The average molecular weight is 275 g/mol. The van der Waals surface area contributed by atoms with E-state index in [0.29, 0.717) is 6.04 Å². The highest BCUT2D eigenvalue weighted by molar-refractivity contribution is 7.09. The molecule has 102 valence electrons. The Balaban J connectivity index is 2.07. The lowest BCUT2D eigenvalue weighted by Crippen LogP contribution is -2.29. The third kappa shape index (κ3) is 4.04. The number of hydrogen-bond acceptors (Lipinski definition) is 4. The van der Waals surface area contributed by atoms with Crippen molar-refractivity contribution in [2.24, 2.45) is 0 Å². The molecule has 0 aliphatic heterocycles. The van der Waals surface area contributed by atoms with Gasteiger partial charge in [0.15, 0.2) is 0 Å². The fraction of sp³-hybridized carbons (Fsp3) is 0.400. The van der Waals surface area contributed by atoms with Crippen LogP contribution in [0, 0.1) is 0 Å². The second-order valence-corrected chi connectivity index (χ2v) is 5.90. The maximum Gasteiger partial charge on any atom is 0.0564 e. The van der Waals surface area contributed by atoms with E-state index < -0.39 is 0 Å². The van der Waals surface area contributed by atoms with Crippen molar-refractivity contribution in [3.63, 3.8) is 0 Å². The predicted molar refractivity (Wildman–Crippen MR) is 82.5 cm³/mol. The first-order chi connectivity index (χ1) is 9.19. The summed E-state index contributed by atoms with van der Waals surface area (Å²) in [6.07, 6.45) is 1.87. The zero-order valence-corrected chi connectivity index (χ0v) is 12.6. The zero-order valence-electron chi connectivity index (χ0n) is 11.8. The Morgan fingerprint density at radius 1 is 1.32 bits per heavy atom. The van der Waals surface area contributed by atoms with Crippen molar-refractivity contribution in [3.8, 4) is 0 Å². The van der Waals surface area contributed by atoms with Crippen LogP contribution in [0.2, 0.25) is 0 Å². The van der Waals surface area contributed by atoms with Crippen LogP contribution in [0.4, 0.5) is 5.69 Å². The van der Waals surface area contributed by atoms with Gasteiger partial charge in [-0.05, 0) is 37.4 Å². The Morgan fingerprint density at radius 2 is 2.16 bits per heavy atom. The molecular weight excluding hydrogens is 254 g/mol. The van der Waals surface area contributed by atoms with Gasteiger partial charge in [-0.3, -0.25) is 9.88 Å². The largest absolute Gasteiger partial charge is 0.388 e. The Labute approximate surface area is 119 Å². The van der Waals surface area contributed by atoms with Gasteiger partial charge in [0.05, 0.1) is 5.69 Å². The van der Waals surface area contributed by atoms with Gasteiger partial charge in [0.2, 0.25) is 0 Å². The van der Waals surface area contributed by atoms with Crippen molar-refractivity contribution in [1.82, 2.24) is 9.88 Å². The van der Waals surface area contributed by atoms with Crippen molar-refractivity contribution in [2.75, 3.05) is 12.4 Å². The fourth-order valence-electron chi connectivity index (χ4n) is 1.95. The van der Waals surface area contributed by atoms with Gasteiger partial charge in [0.1, 0.15) is 0 Å². The van der Waals surface area contributed by atoms with E-state index >= 15 is 0 Å². The third-order valence-electron chi connectivity index (χ3n) is 3.14. The molecule has 4 heteroatoms. The van der Waals surface area contributed by atoms with E-state index in [1.54, 1.807) is 0 Å². The van der Waals surface area contributed by atoms with Crippen LogP contribution in [-0.2, 0) is 13.1 Å². The Hall–Kier alpha value is -1.39. The molecule has 0 aliphatic rings. The van der Waals surface area contributed by atoms with Gasteiger partial charge in [-0.1, -0.05) is 6.07 Å². The molecule has 0 aromatic carbocycles. The van der Waals surface area contributed by atoms with E-state index in [1.165, 1.54) is 4.88 Å². The molecule has 3 nitrogen and oxygen atoms in total. The van der Waals surface area contributed by atoms with Gasteiger partial charge in [0.25, 0.3) is 0 Å². The highest BCUT2D eigenvalue weighted by Gasteiger charge is 2.12. The summed E-state index contributed by atoms with van der Waals surface area (Å²) in [6.45, 7) is 6.33. The minimum atomic E-state index is 0.502. The Kier molecular flexibility index (Phi) is 4.93. The van der Waals surface area contributed by atoms with Crippen molar-refractivity contribution >= 4 is 17.0 Å². The van der Waals surface area contributed by atoms with Crippen LogP contribution in [0.1, 0.15) is 24.4 Å². The molecule has 0 radical (unpaired) electrons. The smallest absolute Gasteiger partial charge is 0.0564 e. The van der Waals surface area contributed by atoms with Gasteiger partial charge < -0.3 is 5.32 Å². The second kappa shape index (κ2) is 6.68. The van der Waals surface area contributed by atoms with Crippen molar-refractivity contribution in [1.29, 1.82) is 0 Å². The highest BCUT2D eigenvalue weighted by Crippen LogP contribution is 2.17. The lowest BCUT2D eigenvalue weighted by Gasteiger charge is -2.25. The molecule has 2 heterocycles. The third-order valence-corrected chi connectivity index (χ3v) is 4.00. The Bertz CT molecular complexity index is 494. The lowest BCUT2D eigenvalue weighted by atomic mass is 10.2. The van der Waals surface area contributed by atoms with E-state index in [1.807, 2.05) is 30.6 Å². The van der Waals surface area contributed by atoms with Crippen molar-refractivity contribution in [3.05, 3.63) is 46.4 Å². The molecule has 0 spiro atoms. The van der Waals surface area contributed by atoms with E-state index in [0.717, 1.165) is 24.5 Å². The van der Waals surface area contributed by atoms with E-state index in [9.17, 15) is 0 Å². The first-order valence-electron chi connectivity index (χ1n) is 6.58. The van der Waals surface area contributed by atoms with Gasteiger partial charge in [-0.15, -0.1) is 11.3 Å². The summed E-state index contributed by atoms with van der Waals surface area (Å²) in [5.74, 6) is 0. The Morgan fingerprint density at radius 3 is 2.79 bits per heavy atom. The number of nitrogens with zero attached hydrogens (tertiary/aromatic N) is 2. The molecule has 1 N–H and O–H groups in total. The first kappa shape index (κ1) is 14.0. The van der Waals surface area contributed by atoms with Crippen molar-refractivity contribution in [2.45, 2.75) is 33.0 Å². The molecule has 0 aliphatic carbocycles. The summed E-state index contributed by atoms with van der Waals surface area (Å²) in [5, 5.41) is 5.29. The summed E-state index contributed by atoms with van der Waals surface area (Å²) in [6, 6.07) is 8.91. The van der Waals surface area contributed by atoms with E-state index in [4.69, 9.17) is 0 Å². The maximum absolute atomic E-state index is 4.46. The van der Waals surface area contributed by atoms with Crippen LogP contribution >= 0.6 is 11.3 Å². The molecular formula is C15H21N3S. The molecule has 0 amide bonds. The average Bonchev–Trinajstić information content (AvgIpc) is 2.91. The van der Waals surface area contributed by atoms with Gasteiger partial charge in [-0.25, -0.2) is 0 Å². The summed E-state index contributed by atoms with van der Waals surface area (Å²) in [5.41, 5.74) is 2.22.